The number of para-hydroxylation sites is 1. The van der Waals surface area contributed by atoms with Crippen molar-refractivity contribution in [3.63, 3.8) is 0 Å². The normalized spacial score (nSPS) is 12.6. The van der Waals surface area contributed by atoms with Crippen LogP contribution in [0.4, 0.5) is 0 Å². The van der Waals surface area contributed by atoms with Crippen LogP contribution in [0.15, 0.2) is 65.1 Å². The van der Waals surface area contributed by atoms with Crippen molar-refractivity contribution >= 4 is 61.3 Å². The SMILES string of the molecule is Cc1nc(-c2cccc3c2oc2cc(C(C)C)ccc23)c2ccc3c[c]([Ge]([CH3])([CH3])[CH3])cc(C)c3c2n1. The van der Waals surface area contributed by atoms with Crippen molar-refractivity contribution in [3.05, 3.63) is 77.6 Å². The first kappa shape index (κ1) is 23.2. The predicted molar refractivity (Wildman–Crippen MR) is 156 cm³/mol. The van der Waals surface area contributed by atoms with Crippen LogP contribution in [0.1, 0.15) is 36.7 Å². The van der Waals surface area contributed by atoms with Crippen LogP contribution >= 0.6 is 0 Å². The van der Waals surface area contributed by atoms with Crippen LogP contribution in [0.25, 0.3) is 54.9 Å². The number of furan rings is 1. The van der Waals surface area contributed by atoms with Gasteiger partial charge in [-0.1, -0.05) is 19.9 Å². The number of fused-ring (bicyclic) bond motifs is 6. The Morgan fingerprint density at radius 3 is 2.33 bits per heavy atom. The van der Waals surface area contributed by atoms with Gasteiger partial charge in [0.25, 0.3) is 0 Å². The van der Waals surface area contributed by atoms with Gasteiger partial charge in [-0.3, -0.25) is 0 Å². The molecule has 4 aromatic carbocycles. The molecule has 0 aliphatic heterocycles. The first-order valence-corrected chi connectivity index (χ1v) is 20.1. The van der Waals surface area contributed by atoms with Gasteiger partial charge in [0.05, 0.1) is 0 Å². The van der Waals surface area contributed by atoms with E-state index in [4.69, 9.17) is 14.4 Å². The fraction of sp³-hybridized carbons (Fsp3) is 0.250. The molecule has 0 spiro atoms. The van der Waals surface area contributed by atoms with Crippen molar-refractivity contribution in [1.29, 1.82) is 0 Å². The number of aryl methyl sites for hydroxylation is 2. The zero-order valence-corrected chi connectivity index (χ0v) is 24.3. The van der Waals surface area contributed by atoms with Crippen molar-refractivity contribution in [2.45, 2.75) is 50.9 Å². The monoisotopic (exact) mass is 534 g/mol. The zero-order chi connectivity index (χ0) is 25.4. The summed E-state index contributed by atoms with van der Waals surface area (Å²) in [4.78, 5) is 9.94. The fourth-order valence-electron chi connectivity index (χ4n) is 5.37. The molecule has 0 bridgehead atoms. The maximum atomic E-state index is 6.53. The minimum absolute atomic E-state index is 0.453. The Bertz CT molecular complexity index is 1820. The van der Waals surface area contributed by atoms with Gasteiger partial charge in [0.15, 0.2) is 0 Å². The Morgan fingerprint density at radius 2 is 1.58 bits per heavy atom. The second kappa shape index (κ2) is 8.17. The first-order valence-electron chi connectivity index (χ1n) is 12.8. The second-order valence-electron chi connectivity index (χ2n) is 11.4. The molecule has 0 fully saturated rings. The summed E-state index contributed by atoms with van der Waals surface area (Å²) in [5.74, 6) is 8.57. The van der Waals surface area contributed by atoms with Gasteiger partial charge in [0.1, 0.15) is 0 Å². The van der Waals surface area contributed by atoms with Crippen LogP contribution in [-0.4, -0.2) is 23.2 Å². The van der Waals surface area contributed by atoms with Gasteiger partial charge in [0.2, 0.25) is 0 Å². The van der Waals surface area contributed by atoms with Gasteiger partial charge in [-0.15, -0.1) is 0 Å². The van der Waals surface area contributed by atoms with E-state index in [2.05, 4.69) is 98.7 Å². The summed E-state index contributed by atoms with van der Waals surface area (Å²) >= 11 is -1.96. The summed E-state index contributed by atoms with van der Waals surface area (Å²) in [6, 6.07) is 22.2. The molecule has 0 aliphatic rings. The average molecular weight is 533 g/mol. The van der Waals surface area contributed by atoms with Crippen molar-refractivity contribution < 1.29 is 4.42 Å². The van der Waals surface area contributed by atoms with Gasteiger partial charge < -0.3 is 0 Å². The molecule has 0 saturated carbocycles. The Kier molecular flexibility index (Phi) is 5.27. The zero-order valence-electron chi connectivity index (χ0n) is 22.2. The molecular weight excluding hydrogens is 501 g/mol. The second-order valence-corrected chi connectivity index (χ2v) is 22.1. The van der Waals surface area contributed by atoms with E-state index in [0.717, 1.165) is 49.9 Å². The molecule has 6 rings (SSSR count). The van der Waals surface area contributed by atoms with E-state index in [1.165, 1.54) is 26.3 Å². The Hall–Kier alpha value is -3.18. The number of rotatable bonds is 3. The quantitative estimate of drug-likeness (QED) is 0.169. The molecule has 36 heavy (non-hydrogen) atoms. The van der Waals surface area contributed by atoms with Crippen molar-refractivity contribution in [3.8, 4) is 11.3 Å². The molecule has 0 unspecified atom stereocenters. The molecule has 0 saturated heterocycles. The number of nitrogens with zero attached hydrogens (tertiary/aromatic N) is 2. The minimum atomic E-state index is -1.96. The summed E-state index contributed by atoms with van der Waals surface area (Å²) in [7, 11) is 0. The molecule has 0 N–H and O–H groups in total. The molecule has 2 aromatic heterocycles. The standard InChI is InChI=1S/C32H32GeN2O/c1-18(2)21-11-13-24-25-9-8-10-27(32(25)36-28(24)17-21)30-26-14-12-22-16-23(33(5,6)7)15-19(3)29(22)31(26)35-20(4)34-30/h8-18H,1-7H3. The van der Waals surface area contributed by atoms with E-state index in [1.807, 2.05) is 6.92 Å². The summed E-state index contributed by atoms with van der Waals surface area (Å²) in [6.45, 7) is 8.64. The van der Waals surface area contributed by atoms with E-state index in [-0.39, 0.29) is 0 Å². The van der Waals surface area contributed by atoms with E-state index < -0.39 is 13.3 Å². The average Bonchev–Trinajstić information content (AvgIpc) is 3.20. The third-order valence-corrected chi connectivity index (χ3v) is 11.6. The van der Waals surface area contributed by atoms with Gasteiger partial charge in [-0.25, -0.2) is 0 Å². The first-order chi connectivity index (χ1) is 17.1. The van der Waals surface area contributed by atoms with E-state index in [0.29, 0.717) is 5.92 Å². The van der Waals surface area contributed by atoms with Crippen molar-refractivity contribution in [2.75, 3.05) is 0 Å². The fourth-order valence-corrected chi connectivity index (χ4v) is 7.97. The van der Waals surface area contributed by atoms with Crippen LogP contribution in [0.3, 0.4) is 0 Å². The third-order valence-electron chi connectivity index (χ3n) is 7.40. The number of hydrogen-bond donors (Lipinski definition) is 0. The van der Waals surface area contributed by atoms with Gasteiger partial charge in [0, 0.05) is 0 Å². The molecule has 2 heterocycles. The van der Waals surface area contributed by atoms with E-state index in [9.17, 15) is 0 Å². The summed E-state index contributed by atoms with van der Waals surface area (Å²) in [5.41, 5.74) is 7.37. The van der Waals surface area contributed by atoms with Gasteiger partial charge in [-0.2, -0.15) is 0 Å². The van der Waals surface area contributed by atoms with Crippen LogP contribution in [-0.2, 0) is 0 Å². The van der Waals surface area contributed by atoms with E-state index in [1.54, 1.807) is 0 Å². The molecule has 6 aromatic rings. The van der Waals surface area contributed by atoms with Crippen LogP contribution < -0.4 is 4.40 Å². The third kappa shape index (κ3) is 3.64. The summed E-state index contributed by atoms with van der Waals surface area (Å²) in [5, 5.41) is 5.84. The van der Waals surface area contributed by atoms with Crippen LogP contribution in [0.5, 0.6) is 0 Å². The molecular formula is C32H32GeN2O. The van der Waals surface area contributed by atoms with E-state index >= 15 is 0 Å². The Morgan fingerprint density at radius 1 is 0.806 bits per heavy atom. The van der Waals surface area contributed by atoms with Crippen molar-refractivity contribution in [2.24, 2.45) is 0 Å². The predicted octanol–water partition coefficient (Wildman–Crippen LogP) is 8.63. The van der Waals surface area contributed by atoms with Crippen molar-refractivity contribution in [1.82, 2.24) is 9.97 Å². The van der Waals surface area contributed by atoms with Crippen LogP contribution in [0.2, 0.25) is 17.3 Å². The molecule has 3 nitrogen and oxygen atoms in total. The Balaban J connectivity index is 1.66. The van der Waals surface area contributed by atoms with Crippen LogP contribution in [0, 0.1) is 13.8 Å². The molecule has 0 atom stereocenters. The summed E-state index contributed by atoms with van der Waals surface area (Å²) in [6.07, 6.45) is 0. The molecule has 180 valence electrons. The molecule has 0 aliphatic carbocycles. The summed E-state index contributed by atoms with van der Waals surface area (Å²) < 4.78 is 8.05. The Labute approximate surface area is 214 Å². The number of hydrogen-bond acceptors (Lipinski definition) is 3. The topological polar surface area (TPSA) is 38.9 Å². The number of aromatic nitrogens is 2. The molecule has 4 heteroatoms. The number of benzene rings is 4. The maximum absolute atomic E-state index is 6.53. The molecule has 0 radical (unpaired) electrons. The van der Waals surface area contributed by atoms with Gasteiger partial charge >= 0.3 is 184 Å². The van der Waals surface area contributed by atoms with Gasteiger partial charge in [-0.05, 0) is 11.5 Å². The molecule has 0 amide bonds.